The Labute approximate surface area is 114 Å². The van der Waals surface area contributed by atoms with Crippen LogP contribution in [0.3, 0.4) is 0 Å². The summed E-state index contributed by atoms with van der Waals surface area (Å²) >= 11 is 0. The topological polar surface area (TPSA) is 64.1 Å². The van der Waals surface area contributed by atoms with E-state index in [0.717, 1.165) is 23.7 Å². The van der Waals surface area contributed by atoms with E-state index in [1.807, 2.05) is 6.20 Å². The van der Waals surface area contributed by atoms with Gasteiger partial charge in [-0.2, -0.15) is 5.10 Å². The van der Waals surface area contributed by atoms with Crippen LogP contribution in [0, 0.1) is 29.6 Å². The molecule has 4 bridgehead atoms. The van der Waals surface area contributed by atoms with Crippen LogP contribution in [-0.4, -0.2) is 21.0 Å². The van der Waals surface area contributed by atoms with Gasteiger partial charge in [0.25, 0.3) is 0 Å². The zero-order valence-corrected chi connectivity index (χ0v) is 11.3. The van der Waals surface area contributed by atoms with E-state index >= 15 is 0 Å². The number of nitrogens with two attached hydrogens (primary N) is 1. The Hall–Kier alpha value is -1.03. The Morgan fingerprint density at radius 3 is 2.37 bits per heavy atom. The highest BCUT2D eigenvalue weighted by molar-refractivity contribution is 5.30. The quantitative estimate of drug-likeness (QED) is 0.873. The molecule has 4 fully saturated rings. The fourth-order valence-electron chi connectivity index (χ4n) is 5.39. The number of aromatic nitrogens is 2. The Balaban J connectivity index is 1.49. The molecule has 4 aliphatic carbocycles. The van der Waals surface area contributed by atoms with Crippen LogP contribution >= 0.6 is 0 Å². The predicted molar refractivity (Wildman–Crippen MR) is 73.2 cm³/mol. The third-order valence-corrected chi connectivity index (χ3v) is 5.77. The Kier molecular flexibility index (Phi) is 2.62. The summed E-state index contributed by atoms with van der Waals surface area (Å²) in [6.07, 6.45) is 10.1. The molecule has 1 aromatic rings. The molecule has 0 spiro atoms. The Morgan fingerprint density at radius 2 is 1.84 bits per heavy atom. The van der Waals surface area contributed by atoms with Gasteiger partial charge in [-0.3, -0.25) is 4.68 Å². The van der Waals surface area contributed by atoms with Gasteiger partial charge in [0.05, 0.1) is 24.5 Å². The van der Waals surface area contributed by atoms with Crippen molar-refractivity contribution >= 4 is 5.69 Å². The summed E-state index contributed by atoms with van der Waals surface area (Å²) in [7, 11) is 0. The molecule has 0 saturated heterocycles. The largest absolute Gasteiger partial charge is 0.396 e. The van der Waals surface area contributed by atoms with E-state index in [1.54, 1.807) is 10.9 Å². The molecule has 3 N–H and O–H groups in total. The summed E-state index contributed by atoms with van der Waals surface area (Å²) in [6.45, 7) is 0.601. The van der Waals surface area contributed by atoms with Gasteiger partial charge in [-0.1, -0.05) is 0 Å². The summed E-state index contributed by atoms with van der Waals surface area (Å²) in [5.74, 6) is 3.95. The minimum absolute atomic E-state index is 0.255. The number of aliphatic hydroxyl groups excluding tert-OH is 1. The number of nitrogen functional groups attached to an aromatic ring is 1. The molecule has 104 valence electrons. The fraction of sp³-hybridized carbons (Fsp3) is 0.800. The molecule has 4 saturated carbocycles. The highest BCUT2D eigenvalue weighted by Crippen LogP contribution is 2.57. The average molecular weight is 261 g/mol. The summed E-state index contributed by atoms with van der Waals surface area (Å²) in [5.41, 5.74) is 6.36. The van der Waals surface area contributed by atoms with Crippen molar-refractivity contribution in [1.29, 1.82) is 0 Å². The number of hydrogen-bond acceptors (Lipinski definition) is 3. The third kappa shape index (κ3) is 1.97. The monoisotopic (exact) mass is 261 g/mol. The van der Waals surface area contributed by atoms with Gasteiger partial charge < -0.3 is 10.8 Å². The van der Waals surface area contributed by atoms with Gasteiger partial charge in [0, 0.05) is 6.20 Å². The standard InChI is InChI=1S/C15H23N3O/c16-13-6-17-18(7-13)8-14(19)15-11-2-9-1-10(4-11)5-12(15)3-9/h6-7,9-12,14-15,19H,1-5,8,16H2. The first-order chi connectivity index (χ1) is 9.19. The SMILES string of the molecule is Nc1cnn(CC(O)C2C3CC4CC(C3)CC2C4)c1. The van der Waals surface area contributed by atoms with Crippen LogP contribution in [0.2, 0.25) is 0 Å². The molecular weight excluding hydrogens is 238 g/mol. The summed E-state index contributed by atoms with van der Waals surface area (Å²) in [4.78, 5) is 0. The Bertz CT molecular complexity index is 442. The molecule has 1 aromatic heterocycles. The van der Waals surface area contributed by atoms with Gasteiger partial charge in [0.15, 0.2) is 0 Å². The van der Waals surface area contributed by atoms with Crippen LogP contribution in [0.15, 0.2) is 12.4 Å². The smallest absolute Gasteiger partial charge is 0.0769 e. The third-order valence-electron chi connectivity index (χ3n) is 5.77. The molecule has 4 heteroatoms. The van der Waals surface area contributed by atoms with Crippen LogP contribution in [0.1, 0.15) is 32.1 Å². The normalized spacial score (nSPS) is 41.6. The second kappa shape index (κ2) is 4.23. The molecule has 0 aliphatic heterocycles. The van der Waals surface area contributed by atoms with Gasteiger partial charge in [-0.05, 0) is 61.7 Å². The minimum atomic E-state index is -0.255. The van der Waals surface area contributed by atoms with Crippen molar-refractivity contribution in [2.24, 2.45) is 29.6 Å². The molecule has 0 radical (unpaired) electrons. The van der Waals surface area contributed by atoms with Gasteiger partial charge in [-0.25, -0.2) is 0 Å². The second-order valence-corrected chi connectivity index (χ2v) is 7.07. The van der Waals surface area contributed by atoms with Crippen molar-refractivity contribution in [3.8, 4) is 0 Å². The second-order valence-electron chi connectivity index (χ2n) is 7.07. The van der Waals surface area contributed by atoms with E-state index in [-0.39, 0.29) is 6.10 Å². The van der Waals surface area contributed by atoms with Crippen LogP contribution in [0.4, 0.5) is 5.69 Å². The van der Waals surface area contributed by atoms with Crippen molar-refractivity contribution in [2.75, 3.05) is 5.73 Å². The molecular formula is C15H23N3O. The first kappa shape index (κ1) is 11.8. The average Bonchev–Trinajstić information content (AvgIpc) is 2.73. The zero-order valence-electron chi connectivity index (χ0n) is 11.3. The van der Waals surface area contributed by atoms with E-state index in [0.29, 0.717) is 18.2 Å². The van der Waals surface area contributed by atoms with E-state index in [2.05, 4.69) is 5.10 Å². The van der Waals surface area contributed by atoms with Gasteiger partial charge in [0.2, 0.25) is 0 Å². The van der Waals surface area contributed by atoms with Gasteiger partial charge in [-0.15, -0.1) is 0 Å². The Morgan fingerprint density at radius 1 is 1.21 bits per heavy atom. The van der Waals surface area contributed by atoms with Gasteiger partial charge >= 0.3 is 0 Å². The van der Waals surface area contributed by atoms with E-state index in [1.165, 1.54) is 32.1 Å². The number of nitrogens with zero attached hydrogens (tertiary/aromatic N) is 2. The number of anilines is 1. The molecule has 19 heavy (non-hydrogen) atoms. The van der Waals surface area contributed by atoms with Crippen molar-refractivity contribution in [3.63, 3.8) is 0 Å². The summed E-state index contributed by atoms with van der Waals surface area (Å²) < 4.78 is 1.80. The van der Waals surface area contributed by atoms with E-state index in [9.17, 15) is 5.11 Å². The van der Waals surface area contributed by atoms with E-state index < -0.39 is 0 Å². The van der Waals surface area contributed by atoms with Crippen LogP contribution < -0.4 is 5.73 Å². The van der Waals surface area contributed by atoms with Crippen molar-refractivity contribution in [1.82, 2.24) is 9.78 Å². The fourth-order valence-corrected chi connectivity index (χ4v) is 5.39. The maximum Gasteiger partial charge on any atom is 0.0769 e. The molecule has 0 aromatic carbocycles. The lowest BCUT2D eigenvalue weighted by Crippen LogP contribution is -2.50. The molecule has 4 aliphatic rings. The van der Waals surface area contributed by atoms with Crippen molar-refractivity contribution in [3.05, 3.63) is 12.4 Å². The number of rotatable bonds is 3. The van der Waals surface area contributed by atoms with Crippen LogP contribution in [0.5, 0.6) is 0 Å². The number of hydrogen-bond donors (Lipinski definition) is 2. The minimum Gasteiger partial charge on any atom is -0.396 e. The van der Waals surface area contributed by atoms with Crippen LogP contribution in [-0.2, 0) is 6.54 Å². The first-order valence-corrected chi connectivity index (χ1v) is 7.65. The lowest BCUT2D eigenvalue weighted by molar-refractivity contribution is -0.0938. The van der Waals surface area contributed by atoms with Crippen LogP contribution in [0.25, 0.3) is 0 Å². The van der Waals surface area contributed by atoms with Crippen molar-refractivity contribution in [2.45, 2.75) is 44.8 Å². The first-order valence-electron chi connectivity index (χ1n) is 7.65. The summed E-state index contributed by atoms with van der Waals surface area (Å²) in [5, 5.41) is 14.8. The van der Waals surface area contributed by atoms with Gasteiger partial charge in [0.1, 0.15) is 0 Å². The maximum atomic E-state index is 10.6. The molecule has 1 heterocycles. The lowest BCUT2D eigenvalue weighted by atomic mass is 9.51. The molecule has 1 unspecified atom stereocenters. The molecule has 4 nitrogen and oxygen atoms in total. The number of aliphatic hydroxyl groups is 1. The molecule has 0 amide bonds. The highest BCUT2D eigenvalue weighted by Gasteiger charge is 2.50. The highest BCUT2D eigenvalue weighted by atomic mass is 16.3. The lowest BCUT2D eigenvalue weighted by Gasteiger charge is -2.55. The predicted octanol–water partition coefficient (Wildman–Crippen LogP) is 1.90. The van der Waals surface area contributed by atoms with Crippen molar-refractivity contribution < 1.29 is 5.11 Å². The molecule has 1 atom stereocenters. The maximum absolute atomic E-state index is 10.6. The summed E-state index contributed by atoms with van der Waals surface area (Å²) in [6, 6.07) is 0. The molecule has 5 rings (SSSR count). The van der Waals surface area contributed by atoms with E-state index in [4.69, 9.17) is 5.73 Å². The zero-order chi connectivity index (χ0) is 13.0.